The van der Waals surface area contributed by atoms with E-state index in [-0.39, 0.29) is 22.9 Å². The number of hydrogen-bond donors (Lipinski definition) is 2. The van der Waals surface area contributed by atoms with Crippen molar-refractivity contribution in [3.05, 3.63) is 83.3 Å². The molecule has 0 aliphatic carbocycles. The van der Waals surface area contributed by atoms with Gasteiger partial charge < -0.3 is 14.6 Å². The number of furan rings is 1. The zero-order valence-electron chi connectivity index (χ0n) is 18.2. The summed E-state index contributed by atoms with van der Waals surface area (Å²) >= 11 is 0. The minimum absolute atomic E-state index is 0.00824. The van der Waals surface area contributed by atoms with Crippen molar-refractivity contribution >= 4 is 27.5 Å². The van der Waals surface area contributed by atoms with Crippen LogP contribution in [-0.2, 0) is 27.9 Å². The van der Waals surface area contributed by atoms with Crippen LogP contribution in [0.15, 0.2) is 70.2 Å². The first-order valence-electron chi connectivity index (χ1n) is 10.6. The summed E-state index contributed by atoms with van der Waals surface area (Å²) < 4.78 is 33.0. The van der Waals surface area contributed by atoms with Crippen molar-refractivity contribution in [3.8, 4) is 0 Å². The van der Waals surface area contributed by atoms with E-state index in [1.807, 2.05) is 18.2 Å². The fourth-order valence-electron chi connectivity index (χ4n) is 3.71. The summed E-state index contributed by atoms with van der Waals surface area (Å²) in [5.41, 5.74) is 2.40. The van der Waals surface area contributed by atoms with E-state index in [2.05, 4.69) is 10.0 Å². The van der Waals surface area contributed by atoms with Gasteiger partial charge in [-0.25, -0.2) is 13.1 Å². The van der Waals surface area contributed by atoms with E-state index in [0.717, 1.165) is 18.5 Å². The first-order chi connectivity index (χ1) is 15.8. The molecule has 172 valence electrons. The van der Waals surface area contributed by atoms with Crippen molar-refractivity contribution in [3.63, 3.8) is 0 Å². The van der Waals surface area contributed by atoms with Gasteiger partial charge in [0, 0.05) is 30.8 Å². The maximum Gasteiger partial charge on any atom is 0.255 e. The Balaban J connectivity index is 1.48. The average molecular weight is 468 g/mol. The lowest BCUT2D eigenvalue weighted by Crippen LogP contribution is -2.24. The minimum atomic E-state index is -3.83. The molecule has 3 aromatic rings. The normalized spacial score (nSPS) is 14.0. The monoisotopic (exact) mass is 467 g/mol. The summed E-state index contributed by atoms with van der Waals surface area (Å²) in [4.78, 5) is 26.6. The molecule has 1 aliphatic rings. The van der Waals surface area contributed by atoms with Crippen LogP contribution in [-0.4, -0.2) is 31.7 Å². The second-order valence-electron chi connectivity index (χ2n) is 7.95. The van der Waals surface area contributed by atoms with Crippen LogP contribution in [0.4, 0.5) is 5.69 Å². The van der Waals surface area contributed by atoms with E-state index >= 15 is 0 Å². The van der Waals surface area contributed by atoms with E-state index in [4.69, 9.17) is 4.42 Å². The number of carbonyl (C=O) groups is 2. The predicted molar refractivity (Wildman–Crippen MR) is 123 cm³/mol. The molecule has 33 heavy (non-hydrogen) atoms. The van der Waals surface area contributed by atoms with Gasteiger partial charge in [0.05, 0.1) is 17.7 Å². The van der Waals surface area contributed by atoms with Gasteiger partial charge in [0.2, 0.25) is 15.9 Å². The van der Waals surface area contributed by atoms with Crippen LogP contribution in [0.1, 0.15) is 40.1 Å². The van der Waals surface area contributed by atoms with Gasteiger partial charge in [0.15, 0.2) is 0 Å². The smallest absolute Gasteiger partial charge is 0.255 e. The molecule has 2 aromatic carbocycles. The fraction of sp³-hybridized carbons (Fsp3) is 0.250. The van der Waals surface area contributed by atoms with Gasteiger partial charge in [-0.15, -0.1) is 0 Å². The molecule has 2 heterocycles. The summed E-state index contributed by atoms with van der Waals surface area (Å²) in [5, 5.41) is 2.84. The molecule has 0 radical (unpaired) electrons. The third-order valence-corrected chi connectivity index (χ3v) is 6.91. The Hall–Kier alpha value is -3.43. The molecule has 1 saturated heterocycles. The van der Waals surface area contributed by atoms with Gasteiger partial charge >= 0.3 is 0 Å². The van der Waals surface area contributed by atoms with Gasteiger partial charge in [-0.3, -0.25) is 9.59 Å². The Kier molecular flexibility index (Phi) is 6.62. The lowest BCUT2D eigenvalue weighted by Gasteiger charge is -2.16. The van der Waals surface area contributed by atoms with Gasteiger partial charge in [-0.05, 0) is 60.9 Å². The van der Waals surface area contributed by atoms with Crippen LogP contribution in [0, 0.1) is 6.92 Å². The van der Waals surface area contributed by atoms with E-state index in [9.17, 15) is 18.0 Å². The Morgan fingerprint density at radius 3 is 2.70 bits per heavy atom. The number of benzene rings is 2. The standard InChI is InChI=1S/C24H25N3O5S/c1-17-9-10-21(33(30,31)25-15-20-7-4-12-32-20)14-22(17)24(29)26-19-6-2-5-18(13-19)16-27-11-3-8-23(27)28/h2,4-7,9-10,12-14,25H,3,8,11,15-16H2,1H3,(H,26,29). The maximum atomic E-state index is 13.0. The molecule has 0 bridgehead atoms. The lowest BCUT2D eigenvalue weighted by molar-refractivity contribution is -0.128. The van der Waals surface area contributed by atoms with Crippen LogP contribution in [0.5, 0.6) is 0 Å². The third-order valence-electron chi connectivity index (χ3n) is 5.51. The Morgan fingerprint density at radius 2 is 1.97 bits per heavy atom. The average Bonchev–Trinajstić information content (AvgIpc) is 3.45. The van der Waals surface area contributed by atoms with Crippen molar-refractivity contribution in [2.75, 3.05) is 11.9 Å². The zero-order valence-corrected chi connectivity index (χ0v) is 19.0. The molecule has 0 saturated carbocycles. The number of hydrogen-bond acceptors (Lipinski definition) is 5. The number of amides is 2. The molecule has 0 unspecified atom stereocenters. The van der Waals surface area contributed by atoms with Crippen LogP contribution in [0.2, 0.25) is 0 Å². The number of rotatable bonds is 8. The van der Waals surface area contributed by atoms with Crippen molar-refractivity contribution < 1.29 is 22.4 Å². The lowest BCUT2D eigenvalue weighted by atomic mass is 10.1. The molecule has 1 aromatic heterocycles. The van der Waals surface area contributed by atoms with Gasteiger partial charge in [-0.1, -0.05) is 18.2 Å². The highest BCUT2D eigenvalue weighted by molar-refractivity contribution is 7.89. The largest absolute Gasteiger partial charge is 0.468 e. The van der Waals surface area contributed by atoms with Crippen molar-refractivity contribution in [1.82, 2.24) is 9.62 Å². The van der Waals surface area contributed by atoms with Crippen molar-refractivity contribution in [1.29, 1.82) is 0 Å². The molecule has 0 spiro atoms. The van der Waals surface area contributed by atoms with Crippen LogP contribution >= 0.6 is 0 Å². The highest BCUT2D eigenvalue weighted by atomic mass is 32.2. The van der Waals surface area contributed by atoms with Gasteiger partial charge in [-0.2, -0.15) is 0 Å². The fourth-order valence-corrected chi connectivity index (χ4v) is 4.73. The minimum Gasteiger partial charge on any atom is -0.468 e. The highest BCUT2D eigenvalue weighted by Gasteiger charge is 2.21. The molecule has 9 heteroatoms. The summed E-state index contributed by atoms with van der Waals surface area (Å²) in [6.45, 7) is 2.99. The molecular weight excluding hydrogens is 442 g/mol. The number of aryl methyl sites for hydroxylation is 1. The third kappa shape index (κ3) is 5.50. The summed E-state index contributed by atoms with van der Waals surface area (Å²) in [6, 6.07) is 15.1. The Bertz CT molecular complexity index is 1270. The van der Waals surface area contributed by atoms with E-state index in [1.165, 1.54) is 18.4 Å². The predicted octanol–water partition coefficient (Wildman–Crippen LogP) is 3.44. The number of nitrogens with one attached hydrogen (secondary N) is 2. The van der Waals surface area contributed by atoms with Crippen LogP contribution in [0.25, 0.3) is 0 Å². The van der Waals surface area contributed by atoms with Crippen LogP contribution in [0.3, 0.4) is 0 Å². The molecule has 0 atom stereocenters. The first kappa shape index (κ1) is 22.8. The van der Waals surface area contributed by atoms with Crippen LogP contribution < -0.4 is 10.0 Å². The Morgan fingerprint density at radius 1 is 1.12 bits per heavy atom. The molecule has 8 nitrogen and oxygen atoms in total. The van der Waals surface area contributed by atoms with E-state index in [1.54, 1.807) is 36.1 Å². The molecule has 2 amide bonds. The number of nitrogens with zero attached hydrogens (tertiary/aromatic N) is 1. The second kappa shape index (κ2) is 9.60. The number of carbonyl (C=O) groups excluding carboxylic acids is 2. The van der Waals surface area contributed by atoms with E-state index in [0.29, 0.717) is 30.0 Å². The van der Waals surface area contributed by atoms with Crippen molar-refractivity contribution in [2.24, 2.45) is 0 Å². The number of anilines is 1. The van der Waals surface area contributed by atoms with Crippen molar-refractivity contribution in [2.45, 2.75) is 37.8 Å². The molecule has 4 rings (SSSR count). The highest BCUT2D eigenvalue weighted by Crippen LogP contribution is 2.20. The second-order valence-corrected chi connectivity index (χ2v) is 9.72. The summed E-state index contributed by atoms with van der Waals surface area (Å²) in [5.74, 6) is 0.211. The summed E-state index contributed by atoms with van der Waals surface area (Å²) in [7, 11) is -3.83. The first-order valence-corrected chi connectivity index (χ1v) is 12.1. The quantitative estimate of drug-likeness (QED) is 0.528. The van der Waals surface area contributed by atoms with Gasteiger partial charge in [0.25, 0.3) is 5.91 Å². The molecular formula is C24H25N3O5S. The maximum absolute atomic E-state index is 13.0. The Labute approximate surface area is 192 Å². The SMILES string of the molecule is Cc1ccc(S(=O)(=O)NCc2ccco2)cc1C(=O)Nc1cccc(CN2CCCC2=O)c1. The van der Waals surface area contributed by atoms with Gasteiger partial charge in [0.1, 0.15) is 5.76 Å². The zero-order chi connectivity index (χ0) is 23.4. The van der Waals surface area contributed by atoms with E-state index < -0.39 is 15.9 Å². The topological polar surface area (TPSA) is 109 Å². The molecule has 1 aliphatic heterocycles. The number of sulfonamides is 1. The summed E-state index contributed by atoms with van der Waals surface area (Å²) in [6.07, 6.45) is 2.91. The molecule has 2 N–H and O–H groups in total. The molecule has 1 fully saturated rings. The number of likely N-dealkylation sites (tertiary alicyclic amines) is 1.